The molecule has 2 aliphatic rings. The van der Waals surface area contributed by atoms with Gasteiger partial charge in [-0.3, -0.25) is 9.63 Å². The first kappa shape index (κ1) is 23.9. The summed E-state index contributed by atoms with van der Waals surface area (Å²) in [5.41, 5.74) is -0.691. The van der Waals surface area contributed by atoms with Gasteiger partial charge in [-0.15, -0.1) is 0 Å². The second-order valence-electron chi connectivity index (χ2n) is 8.45. The summed E-state index contributed by atoms with van der Waals surface area (Å²) in [4.78, 5) is 18.1. The van der Waals surface area contributed by atoms with E-state index in [1.54, 1.807) is 18.2 Å². The minimum absolute atomic E-state index is 0.0774. The number of carbonyl (C=O) groups is 1. The Morgan fingerprint density at radius 2 is 1.84 bits per heavy atom. The fourth-order valence-electron chi connectivity index (χ4n) is 4.35. The van der Waals surface area contributed by atoms with Crippen LogP contribution in [0.15, 0.2) is 36.4 Å². The van der Waals surface area contributed by atoms with Crippen LogP contribution < -0.4 is 0 Å². The molecule has 2 saturated heterocycles. The normalized spacial score (nSPS) is 24.5. The standard InChI is InChI=1S/C23H22Cl2F3NO2S/c1-13-5-15(3-4-19(13)21(30)6-14-11-32-12-14)20-10-22(23(26,27)28,31-29(20)2)16-7-17(24)9-18(25)8-16/h3-5,7-9,14,20H,6,10-12H2,1-2H3. The smallest absolute Gasteiger partial charge is 0.294 e. The van der Waals surface area contributed by atoms with Gasteiger partial charge in [-0.1, -0.05) is 41.4 Å². The van der Waals surface area contributed by atoms with Gasteiger partial charge in [0, 0.05) is 35.5 Å². The van der Waals surface area contributed by atoms with E-state index in [1.165, 1.54) is 30.3 Å². The number of Topliss-reactive ketones (excluding diaryl/α,β-unsaturated/α-hetero) is 1. The number of hydrogen-bond acceptors (Lipinski definition) is 4. The molecule has 0 radical (unpaired) electrons. The minimum atomic E-state index is -4.70. The number of benzene rings is 2. The van der Waals surface area contributed by atoms with Gasteiger partial charge in [-0.2, -0.15) is 30.0 Å². The molecule has 9 heteroatoms. The maximum Gasteiger partial charge on any atom is 0.423 e. The van der Waals surface area contributed by atoms with E-state index in [0.717, 1.165) is 17.1 Å². The zero-order valence-corrected chi connectivity index (χ0v) is 19.8. The van der Waals surface area contributed by atoms with Crippen LogP contribution in [0.25, 0.3) is 0 Å². The van der Waals surface area contributed by atoms with Crippen LogP contribution in [0.3, 0.4) is 0 Å². The van der Waals surface area contributed by atoms with Crippen LogP contribution >= 0.6 is 35.0 Å². The highest BCUT2D eigenvalue weighted by atomic mass is 35.5. The van der Waals surface area contributed by atoms with Crippen molar-refractivity contribution in [2.75, 3.05) is 18.6 Å². The topological polar surface area (TPSA) is 29.5 Å². The van der Waals surface area contributed by atoms with E-state index < -0.39 is 17.8 Å². The van der Waals surface area contributed by atoms with Crippen molar-refractivity contribution in [2.45, 2.75) is 37.6 Å². The Balaban J connectivity index is 1.65. The van der Waals surface area contributed by atoms with Crippen LogP contribution in [-0.2, 0) is 10.4 Å². The van der Waals surface area contributed by atoms with Gasteiger partial charge in [-0.25, -0.2) is 0 Å². The molecular formula is C23H22Cl2F3NO2S. The van der Waals surface area contributed by atoms with Crippen LogP contribution in [0.4, 0.5) is 13.2 Å². The van der Waals surface area contributed by atoms with Gasteiger partial charge in [0.25, 0.3) is 0 Å². The summed E-state index contributed by atoms with van der Waals surface area (Å²) in [7, 11) is 1.48. The van der Waals surface area contributed by atoms with E-state index in [4.69, 9.17) is 28.0 Å². The van der Waals surface area contributed by atoms with E-state index in [-0.39, 0.29) is 27.8 Å². The minimum Gasteiger partial charge on any atom is -0.294 e. The molecule has 0 amide bonds. The quantitative estimate of drug-likeness (QED) is 0.410. The van der Waals surface area contributed by atoms with Crippen LogP contribution in [0, 0.1) is 12.8 Å². The van der Waals surface area contributed by atoms with Crippen LogP contribution in [0.5, 0.6) is 0 Å². The largest absolute Gasteiger partial charge is 0.423 e. The number of carbonyl (C=O) groups excluding carboxylic acids is 1. The predicted molar refractivity (Wildman–Crippen MR) is 121 cm³/mol. The van der Waals surface area contributed by atoms with Crippen molar-refractivity contribution in [3.8, 4) is 0 Å². The van der Waals surface area contributed by atoms with E-state index >= 15 is 0 Å². The number of ketones is 1. The molecule has 2 aromatic rings. The van der Waals surface area contributed by atoms with Crippen LogP contribution in [-0.4, -0.2) is 35.6 Å². The Morgan fingerprint density at radius 3 is 2.38 bits per heavy atom. The monoisotopic (exact) mass is 503 g/mol. The Morgan fingerprint density at radius 1 is 1.19 bits per heavy atom. The summed E-state index contributed by atoms with van der Waals surface area (Å²) in [6, 6.07) is 8.42. The lowest BCUT2D eigenvalue weighted by molar-refractivity contribution is -0.322. The number of rotatable bonds is 5. The molecule has 2 fully saturated rings. The lowest BCUT2D eigenvalue weighted by Crippen LogP contribution is -2.42. The summed E-state index contributed by atoms with van der Waals surface area (Å²) in [6.45, 7) is 1.82. The molecule has 3 nitrogen and oxygen atoms in total. The van der Waals surface area contributed by atoms with E-state index in [1.807, 2.05) is 18.7 Å². The first-order chi connectivity index (χ1) is 15.0. The molecule has 2 aliphatic heterocycles. The Hall–Kier alpha value is -1.25. The van der Waals surface area contributed by atoms with Crippen molar-refractivity contribution in [1.82, 2.24) is 5.06 Å². The van der Waals surface area contributed by atoms with Gasteiger partial charge in [0.2, 0.25) is 5.60 Å². The summed E-state index contributed by atoms with van der Waals surface area (Å²) in [5.74, 6) is 2.49. The Labute approximate surface area is 199 Å². The first-order valence-corrected chi connectivity index (χ1v) is 12.1. The van der Waals surface area contributed by atoms with E-state index in [2.05, 4.69) is 0 Å². The highest BCUT2D eigenvalue weighted by molar-refractivity contribution is 8.00. The molecule has 2 aromatic carbocycles. The van der Waals surface area contributed by atoms with Crippen molar-refractivity contribution >= 4 is 40.7 Å². The molecule has 2 heterocycles. The molecule has 2 unspecified atom stereocenters. The van der Waals surface area contributed by atoms with Crippen molar-refractivity contribution in [1.29, 1.82) is 0 Å². The molecule has 0 aromatic heterocycles. The maximum absolute atomic E-state index is 14.4. The van der Waals surface area contributed by atoms with Gasteiger partial charge >= 0.3 is 6.18 Å². The fraction of sp³-hybridized carbons (Fsp3) is 0.435. The highest BCUT2D eigenvalue weighted by Crippen LogP contribution is 2.54. The summed E-state index contributed by atoms with van der Waals surface area (Å²) in [5, 5.41) is 1.44. The molecule has 0 N–H and O–H groups in total. The van der Waals surface area contributed by atoms with Crippen molar-refractivity contribution in [3.05, 3.63) is 68.7 Å². The molecule has 4 rings (SSSR count). The lowest BCUT2D eigenvalue weighted by Gasteiger charge is -2.31. The third-order valence-corrected chi connectivity index (χ3v) is 7.97. The number of hydrogen-bond donors (Lipinski definition) is 0. The Bertz CT molecular complexity index is 1020. The second kappa shape index (κ2) is 8.84. The maximum atomic E-state index is 14.4. The average molecular weight is 504 g/mol. The third kappa shape index (κ3) is 4.42. The molecule has 0 aliphatic carbocycles. The van der Waals surface area contributed by atoms with Gasteiger partial charge in [0.1, 0.15) is 0 Å². The third-order valence-electron chi connectivity index (χ3n) is 6.12. The van der Waals surface area contributed by atoms with Crippen molar-refractivity contribution in [2.24, 2.45) is 5.92 Å². The van der Waals surface area contributed by atoms with Gasteiger partial charge < -0.3 is 0 Å². The SMILES string of the molecule is Cc1cc(C2CC(c3cc(Cl)cc(Cl)c3)(C(F)(F)F)ON2C)ccc1C(=O)CC1CSC1. The number of aryl methyl sites for hydroxylation is 1. The Kier molecular flexibility index (Phi) is 6.60. The molecule has 2 atom stereocenters. The first-order valence-electron chi connectivity index (χ1n) is 10.2. The molecule has 0 spiro atoms. The fourth-order valence-corrected chi connectivity index (χ4v) is 5.68. The van der Waals surface area contributed by atoms with Gasteiger partial charge in [0.05, 0.1) is 6.04 Å². The van der Waals surface area contributed by atoms with Crippen molar-refractivity contribution < 1.29 is 22.8 Å². The summed E-state index contributed by atoms with van der Waals surface area (Å²) < 4.78 is 43.1. The van der Waals surface area contributed by atoms with Gasteiger partial charge in [-0.05, 0) is 59.2 Å². The average Bonchev–Trinajstić information content (AvgIpc) is 3.02. The number of nitrogens with zero attached hydrogens (tertiary/aromatic N) is 1. The molecule has 172 valence electrons. The number of halogens is 5. The van der Waals surface area contributed by atoms with Crippen LogP contribution in [0.1, 0.15) is 45.9 Å². The zero-order valence-electron chi connectivity index (χ0n) is 17.5. The lowest BCUT2D eigenvalue weighted by atomic mass is 9.85. The molecule has 0 bridgehead atoms. The molecule has 0 saturated carbocycles. The molecule has 32 heavy (non-hydrogen) atoms. The second-order valence-corrected chi connectivity index (χ2v) is 10.4. The zero-order chi connectivity index (χ0) is 23.3. The van der Waals surface area contributed by atoms with Gasteiger partial charge in [0.15, 0.2) is 5.78 Å². The molecular weight excluding hydrogens is 482 g/mol. The summed E-state index contributed by atoms with van der Waals surface area (Å²) in [6.07, 6.45) is -4.56. The van der Waals surface area contributed by atoms with Crippen molar-refractivity contribution in [3.63, 3.8) is 0 Å². The van der Waals surface area contributed by atoms with Crippen LogP contribution in [0.2, 0.25) is 10.0 Å². The predicted octanol–water partition coefficient (Wildman–Crippen LogP) is 7.00. The van der Waals surface area contributed by atoms with E-state index in [9.17, 15) is 18.0 Å². The highest BCUT2D eigenvalue weighted by Gasteiger charge is 2.63. The number of hydroxylamine groups is 2. The van der Waals surface area contributed by atoms with E-state index in [0.29, 0.717) is 23.5 Å². The number of alkyl halides is 3. The number of thioether (sulfide) groups is 1. The summed E-state index contributed by atoms with van der Waals surface area (Å²) >= 11 is 13.8.